The summed E-state index contributed by atoms with van der Waals surface area (Å²) in [7, 11) is 0. The van der Waals surface area contributed by atoms with Crippen LogP contribution in [0, 0.1) is 16.0 Å². The fourth-order valence-corrected chi connectivity index (χ4v) is 2.52. The maximum atomic E-state index is 12.4. The average molecular weight is 291 g/mol. The first kappa shape index (κ1) is 15.3. The molecule has 1 aromatic carbocycles. The van der Waals surface area contributed by atoms with E-state index in [1.165, 1.54) is 18.6 Å². The molecule has 1 amide bonds. The number of nitrogens with zero attached hydrogens (tertiary/aromatic N) is 1. The van der Waals surface area contributed by atoms with Gasteiger partial charge in [0.15, 0.2) is 0 Å². The van der Waals surface area contributed by atoms with Crippen LogP contribution in [0.15, 0.2) is 18.2 Å². The van der Waals surface area contributed by atoms with Crippen molar-refractivity contribution in [3.05, 3.63) is 33.9 Å². The number of nitro groups is 1. The van der Waals surface area contributed by atoms with E-state index in [0.29, 0.717) is 23.7 Å². The molecule has 1 aromatic rings. The Kier molecular flexibility index (Phi) is 4.77. The second-order valence-electron chi connectivity index (χ2n) is 5.47. The van der Waals surface area contributed by atoms with Gasteiger partial charge in [-0.25, -0.2) is 0 Å². The second-order valence-corrected chi connectivity index (χ2v) is 5.47. The molecule has 6 heteroatoms. The highest BCUT2D eigenvalue weighted by atomic mass is 16.6. The molecular formula is C15H21N3O3. The summed E-state index contributed by atoms with van der Waals surface area (Å²) in [5.41, 5.74) is 0.886. The van der Waals surface area contributed by atoms with Gasteiger partial charge in [0, 0.05) is 30.4 Å². The van der Waals surface area contributed by atoms with E-state index in [2.05, 4.69) is 10.6 Å². The van der Waals surface area contributed by atoms with Gasteiger partial charge in [0.2, 0.25) is 0 Å². The van der Waals surface area contributed by atoms with Crippen molar-refractivity contribution < 1.29 is 9.72 Å². The van der Waals surface area contributed by atoms with E-state index in [1.54, 1.807) is 6.07 Å². The summed E-state index contributed by atoms with van der Waals surface area (Å²) in [6.07, 6.45) is 3.48. The Balaban J connectivity index is 2.19. The van der Waals surface area contributed by atoms with Gasteiger partial charge < -0.3 is 10.6 Å². The number of non-ortho nitro benzene ring substituents is 1. The standard InChI is InChI=1S/C15H21N3O3/c1-3-16-14-8-7-12(18(20)21)9-13(14)15(19)17-10(2)11-5-4-6-11/h7-11,16H,3-6H2,1-2H3,(H,17,19). The number of hydrogen-bond acceptors (Lipinski definition) is 4. The molecule has 1 unspecified atom stereocenters. The van der Waals surface area contributed by atoms with Crippen LogP contribution < -0.4 is 10.6 Å². The molecule has 0 spiro atoms. The molecule has 0 heterocycles. The van der Waals surface area contributed by atoms with E-state index >= 15 is 0 Å². The fraction of sp³-hybridized carbons (Fsp3) is 0.533. The third-order valence-corrected chi connectivity index (χ3v) is 4.04. The lowest BCUT2D eigenvalue weighted by Gasteiger charge is -2.32. The second kappa shape index (κ2) is 6.56. The Hall–Kier alpha value is -2.11. The molecule has 6 nitrogen and oxygen atoms in total. The number of rotatable bonds is 6. The number of carbonyl (C=O) groups is 1. The van der Waals surface area contributed by atoms with Gasteiger partial charge in [0.1, 0.15) is 0 Å². The van der Waals surface area contributed by atoms with Crippen molar-refractivity contribution in [2.75, 3.05) is 11.9 Å². The van der Waals surface area contributed by atoms with Gasteiger partial charge in [-0.1, -0.05) is 6.42 Å². The van der Waals surface area contributed by atoms with Crippen LogP contribution in [0.4, 0.5) is 11.4 Å². The molecule has 0 aromatic heterocycles. The fourth-order valence-electron chi connectivity index (χ4n) is 2.52. The van der Waals surface area contributed by atoms with Crippen LogP contribution in [-0.2, 0) is 0 Å². The maximum Gasteiger partial charge on any atom is 0.270 e. The van der Waals surface area contributed by atoms with E-state index in [0.717, 1.165) is 12.8 Å². The summed E-state index contributed by atoms with van der Waals surface area (Å²) in [6, 6.07) is 4.43. The topological polar surface area (TPSA) is 84.3 Å². The summed E-state index contributed by atoms with van der Waals surface area (Å²) in [5.74, 6) is 0.268. The van der Waals surface area contributed by atoms with E-state index in [1.807, 2.05) is 13.8 Å². The third-order valence-electron chi connectivity index (χ3n) is 4.04. The molecular weight excluding hydrogens is 270 g/mol. The first-order valence-corrected chi connectivity index (χ1v) is 7.36. The minimum atomic E-state index is -0.484. The molecule has 114 valence electrons. The lowest BCUT2D eigenvalue weighted by atomic mass is 9.80. The largest absolute Gasteiger partial charge is 0.385 e. The van der Waals surface area contributed by atoms with E-state index in [4.69, 9.17) is 0 Å². The SMILES string of the molecule is CCNc1ccc([N+](=O)[O-])cc1C(=O)NC(C)C1CCC1. The van der Waals surface area contributed by atoms with E-state index in [9.17, 15) is 14.9 Å². The Labute approximate surface area is 124 Å². The van der Waals surface area contributed by atoms with Crippen molar-refractivity contribution in [2.45, 2.75) is 39.2 Å². The number of carbonyl (C=O) groups excluding carboxylic acids is 1. The van der Waals surface area contributed by atoms with Crippen molar-refractivity contribution in [3.63, 3.8) is 0 Å². The van der Waals surface area contributed by atoms with Gasteiger partial charge in [-0.2, -0.15) is 0 Å². The molecule has 1 aliphatic carbocycles. The van der Waals surface area contributed by atoms with Crippen LogP contribution in [0.1, 0.15) is 43.5 Å². The maximum absolute atomic E-state index is 12.4. The molecule has 1 saturated carbocycles. The first-order valence-electron chi connectivity index (χ1n) is 7.36. The van der Waals surface area contributed by atoms with E-state index in [-0.39, 0.29) is 17.6 Å². The number of benzene rings is 1. The summed E-state index contributed by atoms with van der Waals surface area (Å²) >= 11 is 0. The van der Waals surface area contributed by atoms with Crippen LogP contribution in [0.3, 0.4) is 0 Å². The number of hydrogen-bond donors (Lipinski definition) is 2. The molecule has 21 heavy (non-hydrogen) atoms. The number of nitrogens with one attached hydrogen (secondary N) is 2. The van der Waals surface area contributed by atoms with Gasteiger partial charge in [0.25, 0.3) is 11.6 Å². The number of anilines is 1. The van der Waals surface area contributed by atoms with Gasteiger partial charge >= 0.3 is 0 Å². The molecule has 1 aliphatic rings. The lowest BCUT2D eigenvalue weighted by Crippen LogP contribution is -2.40. The van der Waals surface area contributed by atoms with Crippen LogP contribution in [0.2, 0.25) is 0 Å². The normalized spacial score (nSPS) is 15.9. The van der Waals surface area contributed by atoms with Crippen molar-refractivity contribution >= 4 is 17.3 Å². The van der Waals surface area contributed by atoms with Gasteiger partial charge in [-0.05, 0) is 38.7 Å². The highest BCUT2D eigenvalue weighted by molar-refractivity contribution is 6.00. The van der Waals surface area contributed by atoms with Crippen LogP contribution in [0.25, 0.3) is 0 Å². The predicted octanol–water partition coefficient (Wildman–Crippen LogP) is 2.95. The quantitative estimate of drug-likeness (QED) is 0.623. The minimum Gasteiger partial charge on any atom is -0.385 e. The van der Waals surface area contributed by atoms with Gasteiger partial charge in [0.05, 0.1) is 10.5 Å². The van der Waals surface area contributed by atoms with Crippen LogP contribution >= 0.6 is 0 Å². The number of nitro benzene ring substituents is 1. The number of amides is 1. The van der Waals surface area contributed by atoms with Gasteiger partial charge in [-0.15, -0.1) is 0 Å². The molecule has 0 aliphatic heterocycles. The zero-order valence-corrected chi connectivity index (χ0v) is 12.4. The lowest BCUT2D eigenvalue weighted by molar-refractivity contribution is -0.384. The molecule has 2 rings (SSSR count). The summed E-state index contributed by atoms with van der Waals surface area (Å²) in [5, 5.41) is 16.9. The van der Waals surface area contributed by atoms with Crippen molar-refractivity contribution in [1.29, 1.82) is 0 Å². The zero-order valence-electron chi connectivity index (χ0n) is 12.4. The van der Waals surface area contributed by atoms with Crippen molar-refractivity contribution in [3.8, 4) is 0 Å². The van der Waals surface area contributed by atoms with Crippen LogP contribution in [-0.4, -0.2) is 23.4 Å². The summed E-state index contributed by atoms with van der Waals surface area (Å²) < 4.78 is 0. The third kappa shape index (κ3) is 3.51. The Morgan fingerprint density at radius 1 is 1.48 bits per heavy atom. The summed E-state index contributed by atoms with van der Waals surface area (Å²) in [4.78, 5) is 22.8. The molecule has 1 atom stereocenters. The summed E-state index contributed by atoms with van der Waals surface area (Å²) in [6.45, 7) is 4.56. The highest BCUT2D eigenvalue weighted by Crippen LogP contribution is 2.30. The molecule has 2 N–H and O–H groups in total. The Bertz CT molecular complexity index is 541. The molecule has 0 saturated heterocycles. The Morgan fingerprint density at radius 3 is 2.71 bits per heavy atom. The van der Waals surface area contributed by atoms with Crippen molar-refractivity contribution in [1.82, 2.24) is 5.32 Å². The predicted molar refractivity (Wildman–Crippen MR) is 81.5 cm³/mol. The molecule has 0 bridgehead atoms. The molecule has 0 radical (unpaired) electrons. The smallest absolute Gasteiger partial charge is 0.270 e. The Morgan fingerprint density at radius 2 is 2.19 bits per heavy atom. The first-order chi connectivity index (χ1) is 10.0. The average Bonchev–Trinajstić information content (AvgIpc) is 2.36. The van der Waals surface area contributed by atoms with E-state index < -0.39 is 4.92 Å². The van der Waals surface area contributed by atoms with Gasteiger partial charge in [-0.3, -0.25) is 14.9 Å². The minimum absolute atomic E-state index is 0.0712. The highest BCUT2D eigenvalue weighted by Gasteiger charge is 2.26. The monoisotopic (exact) mass is 291 g/mol. The zero-order chi connectivity index (χ0) is 15.4. The van der Waals surface area contributed by atoms with Crippen LogP contribution in [0.5, 0.6) is 0 Å². The molecule has 1 fully saturated rings. The van der Waals surface area contributed by atoms with Crippen molar-refractivity contribution in [2.24, 2.45) is 5.92 Å².